The maximum atomic E-state index is 12.7. The van der Waals surface area contributed by atoms with Crippen LogP contribution in [0.25, 0.3) is 0 Å². The zero-order chi connectivity index (χ0) is 19.1. The van der Waals surface area contributed by atoms with Gasteiger partial charge in [0.25, 0.3) is 0 Å². The lowest BCUT2D eigenvalue weighted by molar-refractivity contribution is -0.151. The minimum atomic E-state index is -0.764. The van der Waals surface area contributed by atoms with Gasteiger partial charge in [0, 0.05) is 19.4 Å². The van der Waals surface area contributed by atoms with Gasteiger partial charge in [-0.1, -0.05) is 0 Å². The van der Waals surface area contributed by atoms with E-state index in [4.69, 9.17) is 14.2 Å². The van der Waals surface area contributed by atoms with Gasteiger partial charge in [0.2, 0.25) is 6.10 Å². The molecule has 1 aromatic rings. The molecule has 8 nitrogen and oxygen atoms in total. The SMILES string of the molecule is CCOC(=O)C1CNc2c(cc3c4c2C(=O)CCN4C(C(=O)OCC)C3)O1. The first-order valence-corrected chi connectivity index (χ1v) is 9.28. The molecule has 1 aromatic carbocycles. The third-order valence-electron chi connectivity index (χ3n) is 5.12. The van der Waals surface area contributed by atoms with Crippen molar-refractivity contribution in [3.8, 4) is 5.75 Å². The number of benzene rings is 1. The number of hydrogen-bond acceptors (Lipinski definition) is 8. The second kappa shape index (κ2) is 6.75. The Hall–Kier alpha value is -2.77. The minimum absolute atomic E-state index is 0.00884. The molecule has 3 aliphatic heterocycles. The Morgan fingerprint density at radius 2 is 2.00 bits per heavy atom. The molecule has 2 unspecified atom stereocenters. The first-order chi connectivity index (χ1) is 13.0. The molecule has 0 radical (unpaired) electrons. The number of nitrogens with one attached hydrogen (secondary N) is 1. The molecule has 0 fully saturated rings. The van der Waals surface area contributed by atoms with E-state index in [9.17, 15) is 14.4 Å². The molecule has 0 amide bonds. The van der Waals surface area contributed by atoms with Crippen LogP contribution < -0.4 is 15.0 Å². The van der Waals surface area contributed by atoms with Crippen LogP contribution >= 0.6 is 0 Å². The van der Waals surface area contributed by atoms with Crippen molar-refractivity contribution in [2.45, 2.75) is 38.8 Å². The van der Waals surface area contributed by atoms with Crippen LogP contribution in [0.5, 0.6) is 5.75 Å². The molecule has 27 heavy (non-hydrogen) atoms. The number of esters is 2. The number of rotatable bonds is 4. The molecule has 1 N–H and O–H groups in total. The van der Waals surface area contributed by atoms with E-state index in [1.165, 1.54) is 0 Å². The Labute approximate surface area is 156 Å². The van der Waals surface area contributed by atoms with Crippen molar-refractivity contribution >= 4 is 29.1 Å². The number of anilines is 2. The van der Waals surface area contributed by atoms with E-state index < -0.39 is 18.1 Å². The van der Waals surface area contributed by atoms with Gasteiger partial charge in [-0.2, -0.15) is 0 Å². The summed E-state index contributed by atoms with van der Waals surface area (Å²) in [5.74, 6) is -0.269. The summed E-state index contributed by atoms with van der Waals surface area (Å²) in [6, 6.07) is 1.38. The molecule has 0 aliphatic carbocycles. The van der Waals surface area contributed by atoms with Crippen LogP contribution in [0.3, 0.4) is 0 Å². The van der Waals surface area contributed by atoms with Crippen LogP contribution in [-0.2, 0) is 25.5 Å². The van der Waals surface area contributed by atoms with Crippen LogP contribution in [0.2, 0.25) is 0 Å². The monoisotopic (exact) mass is 374 g/mol. The lowest BCUT2D eigenvalue weighted by Crippen LogP contribution is -2.44. The highest BCUT2D eigenvalue weighted by atomic mass is 16.6. The van der Waals surface area contributed by atoms with E-state index in [1.54, 1.807) is 13.8 Å². The molecule has 0 bridgehead atoms. The van der Waals surface area contributed by atoms with Gasteiger partial charge in [-0.05, 0) is 25.5 Å². The summed E-state index contributed by atoms with van der Waals surface area (Å²) in [6.07, 6.45) is 0.0106. The van der Waals surface area contributed by atoms with Crippen LogP contribution in [0.15, 0.2) is 6.07 Å². The number of ketones is 1. The highest BCUT2D eigenvalue weighted by Gasteiger charge is 2.44. The van der Waals surface area contributed by atoms with E-state index in [0.29, 0.717) is 43.0 Å². The van der Waals surface area contributed by atoms with Crippen LogP contribution in [0, 0.1) is 0 Å². The Bertz CT molecular complexity index is 820. The van der Waals surface area contributed by atoms with Crippen molar-refractivity contribution < 1.29 is 28.6 Å². The predicted molar refractivity (Wildman–Crippen MR) is 96.4 cm³/mol. The number of nitrogens with zero attached hydrogens (tertiary/aromatic N) is 1. The number of hydrogen-bond donors (Lipinski definition) is 1. The molecule has 2 atom stereocenters. The van der Waals surface area contributed by atoms with Gasteiger partial charge < -0.3 is 24.4 Å². The van der Waals surface area contributed by atoms with Crippen LogP contribution in [0.1, 0.15) is 36.2 Å². The quantitative estimate of drug-likeness (QED) is 0.789. The Morgan fingerprint density at radius 3 is 2.74 bits per heavy atom. The minimum Gasteiger partial charge on any atom is -0.475 e. The maximum Gasteiger partial charge on any atom is 0.349 e. The number of carbonyl (C=O) groups is 3. The van der Waals surface area contributed by atoms with E-state index in [0.717, 1.165) is 11.3 Å². The summed E-state index contributed by atoms with van der Waals surface area (Å²) in [7, 11) is 0. The lowest BCUT2D eigenvalue weighted by atomic mass is 9.95. The van der Waals surface area contributed by atoms with Crippen molar-refractivity contribution in [2.75, 3.05) is 36.5 Å². The fourth-order valence-electron chi connectivity index (χ4n) is 4.02. The van der Waals surface area contributed by atoms with Crippen molar-refractivity contribution in [3.63, 3.8) is 0 Å². The predicted octanol–water partition coefficient (Wildman–Crippen LogP) is 1.30. The largest absolute Gasteiger partial charge is 0.475 e. The van der Waals surface area contributed by atoms with Gasteiger partial charge in [-0.3, -0.25) is 4.79 Å². The number of Topliss-reactive ketones (excluding diaryl/α,β-unsaturated/α-hetero) is 1. The molecule has 0 saturated heterocycles. The molecule has 0 spiro atoms. The maximum absolute atomic E-state index is 12.7. The van der Waals surface area contributed by atoms with E-state index >= 15 is 0 Å². The molecule has 3 heterocycles. The van der Waals surface area contributed by atoms with Crippen LogP contribution in [0.4, 0.5) is 11.4 Å². The Morgan fingerprint density at radius 1 is 1.26 bits per heavy atom. The molecule has 0 aromatic heterocycles. The normalized spacial score (nSPS) is 22.3. The van der Waals surface area contributed by atoms with Crippen LogP contribution in [-0.4, -0.2) is 56.2 Å². The molecule has 144 valence electrons. The number of carbonyl (C=O) groups excluding carboxylic acids is 3. The number of fused-ring (bicyclic) bond motifs is 2. The van der Waals surface area contributed by atoms with Gasteiger partial charge in [-0.25, -0.2) is 9.59 Å². The molecule has 3 aliphatic rings. The van der Waals surface area contributed by atoms with Crippen molar-refractivity contribution in [3.05, 3.63) is 17.2 Å². The fourth-order valence-corrected chi connectivity index (χ4v) is 4.02. The van der Waals surface area contributed by atoms with Gasteiger partial charge in [-0.15, -0.1) is 0 Å². The van der Waals surface area contributed by atoms with Gasteiger partial charge in [0.1, 0.15) is 11.8 Å². The van der Waals surface area contributed by atoms with Gasteiger partial charge in [0.15, 0.2) is 5.78 Å². The average Bonchev–Trinajstić information content (AvgIpc) is 3.02. The standard InChI is InChI=1S/C19H22N2O6/c1-3-25-18(23)11-7-10-8-13-16(15-12(22)5-6-21(11)17(10)15)20-9-14(27-13)19(24)26-4-2/h8,11,14,20H,3-7,9H2,1-2H3. The highest BCUT2D eigenvalue weighted by molar-refractivity contribution is 6.11. The summed E-state index contributed by atoms with van der Waals surface area (Å²) in [6.45, 7) is 4.82. The summed E-state index contributed by atoms with van der Waals surface area (Å²) in [5, 5.41) is 3.17. The van der Waals surface area contributed by atoms with Crippen molar-refractivity contribution in [1.82, 2.24) is 0 Å². The average molecular weight is 374 g/mol. The summed E-state index contributed by atoms with van der Waals surface area (Å²) < 4.78 is 16.1. The van der Waals surface area contributed by atoms with Crippen molar-refractivity contribution in [1.29, 1.82) is 0 Å². The zero-order valence-electron chi connectivity index (χ0n) is 15.4. The molecule has 8 heteroatoms. The fraction of sp³-hybridized carbons (Fsp3) is 0.526. The molecular formula is C19H22N2O6. The van der Waals surface area contributed by atoms with Crippen molar-refractivity contribution in [2.24, 2.45) is 0 Å². The Balaban J connectivity index is 1.72. The summed E-state index contributed by atoms with van der Waals surface area (Å²) >= 11 is 0. The summed E-state index contributed by atoms with van der Waals surface area (Å²) in [5.41, 5.74) is 2.78. The smallest absolute Gasteiger partial charge is 0.349 e. The van der Waals surface area contributed by atoms with E-state index in [-0.39, 0.29) is 24.9 Å². The third kappa shape index (κ3) is 2.79. The van der Waals surface area contributed by atoms with Gasteiger partial charge in [0.05, 0.1) is 36.7 Å². The molecule has 0 saturated carbocycles. The second-order valence-electron chi connectivity index (χ2n) is 6.71. The number of ether oxygens (including phenoxy) is 3. The third-order valence-corrected chi connectivity index (χ3v) is 5.12. The van der Waals surface area contributed by atoms with E-state index in [2.05, 4.69) is 5.32 Å². The molecule has 4 rings (SSSR count). The summed E-state index contributed by atoms with van der Waals surface area (Å²) in [4.78, 5) is 39.0. The topological polar surface area (TPSA) is 94.2 Å². The second-order valence-corrected chi connectivity index (χ2v) is 6.71. The highest BCUT2D eigenvalue weighted by Crippen LogP contribution is 2.48. The first-order valence-electron chi connectivity index (χ1n) is 9.28. The Kier molecular flexibility index (Phi) is 4.41. The lowest BCUT2D eigenvalue weighted by Gasteiger charge is -2.34. The zero-order valence-corrected chi connectivity index (χ0v) is 15.4. The first kappa shape index (κ1) is 17.6. The van der Waals surface area contributed by atoms with E-state index in [1.807, 2.05) is 11.0 Å². The van der Waals surface area contributed by atoms with Gasteiger partial charge >= 0.3 is 11.9 Å². The molecular weight excluding hydrogens is 352 g/mol.